The first-order chi connectivity index (χ1) is 12.5. The molecule has 0 radical (unpaired) electrons. The van der Waals surface area contributed by atoms with Gasteiger partial charge in [-0.15, -0.1) is 0 Å². The zero-order valence-corrected chi connectivity index (χ0v) is 14.7. The molecule has 8 nitrogen and oxygen atoms in total. The lowest BCUT2D eigenvalue weighted by Crippen LogP contribution is -2.34. The van der Waals surface area contributed by atoms with E-state index in [-0.39, 0.29) is 16.5 Å². The number of para-hydroxylation sites is 2. The summed E-state index contributed by atoms with van der Waals surface area (Å²) >= 11 is 5.05. The molecule has 1 amide bonds. The lowest BCUT2D eigenvalue weighted by molar-refractivity contribution is -0.383. The molecule has 0 aliphatic heterocycles. The van der Waals surface area contributed by atoms with Gasteiger partial charge in [-0.3, -0.25) is 20.2 Å². The number of nitrogens with zero attached hydrogens (tertiary/aromatic N) is 1. The van der Waals surface area contributed by atoms with E-state index < -0.39 is 10.8 Å². The smallest absolute Gasteiger partial charge is 0.292 e. The number of amides is 1. The van der Waals surface area contributed by atoms with Crippen LogP contribution in [0.1, 0.15) is 10.4 Å². The standard InChI is InChI=1S/C17H17N3O5S/c1-24-10-11-25-13-8-6-12(7-9-13)16(21)19-17(26)18-14-4-2-3-5-15(14)20(22)23/h2-9H,10-11H2,1H3,(H2,18,19,21,26). The molecule has 0 aliphatic rings. The van der Waals surface area contributed by atoms with Crippen LogP contribution in [0, 0.1) is 10.1 Å². The number of rotatable bonds is 7. The van der Waals surface area contributed by atoms with Gasteiger partial charge in [-0.2, -0.15) is 0 Å². The largest absolute Gasteiger partial charge is 0.491 e. The normalized spacial score (nSPS) is 10.0. The molecular weight excluding hydrogens is 358 g/mol. The van der Waals surface area contributed by atoms with E-state index in [0.29, 0.717) is 24.5 Å². The first kappa shape index (κ1) is 19.3. The highest BCUT2D eigenvalue weighted by molar-refractivity contribution is 7.80. The second-order valence-electron chi connectivity index (χ2n) is 5.05. The number of carbonyl (C=O) groups is 1. The summed E-state index contributed by atoms with van der Waals surface area (Å²) in [5, 5.41) is 16.1. The van der Waals surface area contributed by atoms with Gasteiger partial charge >= 0.3 is 0 Å². The van der Waals surface area contributed by atoms with Gasteiger partial charge in [-0.1, -0.05) is 12.1 Å². The Morgan fingerprint density at radius 3 is 2.50 bits per heavy atom. The zero-order valence-electron chi connectivity index (χ0n) is 13.9. The maximum Gasteiger partial charge on any atom is 0.292 e. The summed E-state index contributed by atoms with van der Waals surface area (Å²) in [7, 11) is 1.58. The van der Waals surface area contributed by atoms with Crippen LogP contribution in [0.2, 0.25) is 0 Å². The minimum Gasteiger partial charge on any atom is -0.491 e. The summed E-state index contributed by atoms with van der Waals surface area (Å²) in [6.07, 6.45) is 0. The Kier molecular flexibility index (Phi) is 7.01. The molecule has 9 heteroatoms. The van der Waals surface area contributed by atoms with E-state index in [1.165, 1.54) is 12.1 Å². The number of carbonyl (C=O) groups excluding carboxylic acids is 1. The van der Waals surface area contributed by atoms with E-state index in [0.717, 1.165) is 0 Å². The molecule has 0 atom stereocenters. The zero-order chi connectivity index (χ0) is 18.9. The molecule has 0 spiro atoms. The van der Waals surface area contributed by atoms with Gasteiger partial charge in [0.05, 0.1) is 11.5 Å². The van der Waals surface area contributed by atoms with Crippen molar-refractivity contribution in [3.05, 3.63) is 64.2 Å². The van der Waals surface area contributed by atoms with Gasteiger partial charge in [0.1, 0.15) is 18.0 Å². The van der Waals surface area contributed by atoms with E-state index in [2.05, 4.69) is 10.6 Å². The van der Waals surface area contributed by atoms with Crippen molar-refractivity contribution in [3.8, 4) is 5.75 Å². The van der Waals surface area contributed by atoms with Crippen molar-refractivity contribution in [1.29, 1.82) is 0 Å². The summed E-state index contributed by atoms with van der Waals surface area (Å²) in [6.45, 7) is 0.875. The highest BCUT2D eigenvalue weighted by Crippen LogP contribution is 2.23. The van der Waals surface area contributed by atoms with Crippen molar-refractivity contribution in [2.24, 2.45) is 0 Å². The van der Waals surface area contributed by atoms with Gasteiger partial charge in [-0.25, -0.2) is 0 Å². The molecule has 0 saturated heterocycles. The van der Waals surface area contributed by atoms with Gasteiger partial charge in [0.25, 0.3) is 11.6 Å². The average molecular weight is 375 g/mol. The fraction of sp³-hybridized carbons (Fsp3) is 0.176. The van der Waals surface area contributed by atoms with E-state index in [1.807, 2.05) is 0 Å². The number of hydrogen-bond acceptors (Lipinski definition) is 6. The number of nitrogens with one attached hydrogen (secondary N) is 2. The second kappa shape index (κ2) is 9.44. The molecule has 2 rings (SSSR count). The van der Waals surface area contributed by atoms with Crippen molar-refractivity contribution in [2.75, 3.05) is 25.6 Å². The number of ether oxygens (including phenoxy) is 2. The molecule has 2 N–H and O–H groups in total. The number of methoxy groups -OCH3 is 1. The molecule has 0 unspecified atom stereocenters. The predicted molar refractivity (Wildman–Crippen MR) is 101 cm³/mol. The van der Waals surface area contributed by atoms with Gasteiger partial charge in [0.15, 0.2) is 5.11 Å². The predicted octanol–water partition coefficient (Wildman–Crippen LogP) is 2.75. The number of thiocarbonyl (C=S) groups is 1. The van der Waals surface area contributed by atoms with Gasteiger partial charge in [0, 0.05) is 18.7 Å². The third-order valence-electron chi connectivity index (χ3n) is 3.25. The SMILES string of the molecule is COCCOc1ccc(C(=O)NC(=S)Nc2ccccc2[N+](=O)[O-])cc1. The molecular formula is C17H17N3O5S. The van der Waals surface area contributed by atoms with Crippen LogP contribution in [0.15, 0.2) is 48.5 Å². The monoisotopic (exact) mass is 375 g/mol. The lowest BCUT2D eigenvalue weighted by Gasteiger charge is -2.10. The van der Waals surface area contributed by atoms with Gasteiger partial charge < -0.3 is 14.8 Å². The van der Waals surface area contributed by atoms with E-state index in [1.54, 1.807) is 43.5 Å². The van der Waals surface area contributed by atoms with Crippen molar-refractivity contribution < 1.29 is 19.2 Å². The molecule has 0 fully saturated rings. The van der Waals surface area contributed by atoms with Crippen LogP contribution in [0.5, 0.6) is 5.75 Å². The minimum atomic E-state index is -0.533. The third-order valence-corrected chi connectivity index (χ3v) is 3.45. The fourth-order valence-electron chi connectivity index (χ4n) is 2.01. The van der Waals surface area contributed by atoms with Crippen LogP contribution in [-0.4, -0.2) is 36.3 Å². The first-order valence-electron chi connectivity index (χ1n) is 7.59. The minimum absolute atomic E-state index is 0.0373. The summed E-state index contributed by atoms with van der Waals surface area (Å²) in [5.74, 6) is 0.170. The van der Waals surface area contributed by atoms with Gasteiger partial charge in [0.2, 0.25) is 0 Å². The summed E-state index contributed by atoms with van der Waals surface area (Å²) in [5.41, 5.74) is 0.433. The van der Waals surface area contributed by atoms with E-state index in [9.17, 15) is 14.9 Å². The van der Waals surface area contributed by atoms with Crippen LogP contribution in [0.25, 0.3) is 0 Å². The number of nitro benzene ring substituents is 1. The molecule has 0 aliphatic carbocycles. The molecule has 2 aromatic rings. The molecule has 26 heavy (non-hydrogen) atoms. The van der Waals surface area contributed by atoms with Crippen LogP contribution in [0.3, 0.4) is 0 Å². The van der Waals surface area contributed by atoms with Crippen molar-refractivity contribution in [2.45, 2.75) is 0 Å². The second-order valence-corrected chi connectivity index (χ2v) is 5.46. The molecule has 2 aromatic carbocycles. The Morgan fingerprint density at radius 2 is 1.85 bits per heavy atom. The third kappa shape index (κ3) is 5.50. The highest BCUT2D eigenvalue weighted by Gasteiger charge is 2.14. The maximum atomic E-state index is 12.2. The van der Waals surface area contributed by atoms with Crippen molar-refractivity contribution in [1.82, 2.24) is 5.32 Å². The topological polar surface area (TPSA) is 103 Å². The number of nitro groups is 1. The number of benzene rings is 2. The first-order valence-corrected chi connectivity index (χ1v) is 7.99. The van der Waals surface area contributed by atoms with Crippen LogP contribution in [-0.2, 0) is 4.74 Å². The van der Waals surface area contributed by atoms with Crippen molar-refractivity contribution in [3.63, 3.8) is 0 Å². The summed E-state index contributed by atoms with van der Waals surface area (Å²) < 4.78 is 10.3. The molecule has 0 bridgehead atoms. The molecule has 0 heterocycles. The van der Waals surface area contributed by atoms with Gasteiger partial charge in [-0.05, 0) is 42.5 Å². The Hall–Kier alpha value is -3.04. The molecule has 0 aromatic heterocycles. The summed E-state index contributed by atoms with van der Waals surface area (Å²) in [6, 6.07) is 12.5. The quantitative estimate of drug-likeness (QED) is 0.332. The molecule has 136 valence electrons. The van der Waals surface area contributed by atoms with E-state index in [4.69, 9.17) is 21.7 Å². The van der Waals surface area contributed by atoms with Crippen LogP contribution >= 0.6 is 12.2 Å². The number of hydrogen-bond donors (Lipinski definition) is 2. The van der Waals surface area contributed by atoms with Crippen molar-refractivity contribution >= 4 is 34.6 Å². The molecule has 0 saturated carbocycles. The maximum absolute atomic E-state index is 12.2. The summed E-state index contributed by atoms with van der Waals surface area (Å²) in [4.78, 5) is 22.7. The Bertz CT molecular complexity index is 795. The Balaban J connectivity index is 1.95. The highest BCUT2D eigenvalue weighted by atomic mass is 32.1. The van der Waals surface area contributed by atoms with E-state index >= 15 is 0 Å². The average Bonchev–Trinajstić information content (AvgIpc) is 2.62. The Morgan fingerprint density at radius 1 is 1.15 bits per heavy atom. The fourth-order valence-corrected chi connectivity index (χ4v) is 2.22. The van der Waals surface area contributed by atoms with Crippen LogP contribution in [0.4, 0.5) is 11.4 Å². The van der Waals surface area contributed by atoms with Crippen LogP contribution < -0.4 is 15.4 Å². The Labute approximate surface area is 155 Å². The lowest BCUT2D eigenvalue weighted by atomic mass is 10.2. The number of anilines is 1.